The number of benzene rings is 2. The van der Waals surface area contributed by atoms with E-state index < -0.39 is 0 Å². The van der Waals surface area contributed by atoms with Crippen LogP contribution in [0.5, 0.6) is 5.75 Å². The van der Waals surface area contributed by atoms with Crippen LogP contribution in [-0.2, 0) is 17.7 Å². The highest BCUT2D eigenvalue weighted by Gasteiger charge is 2.27. The fourth-order valence-corrected chi connectivity index (χ4v) is 4.82. The maximum absolute atomic E-state index is 13.4. The Morgan fingerprint density at radius 1 is 1.08 bits per heavy atom. The van der Waals surface area contributed by atoms with Gasteiger partial charge in [0.25, 0.3) is 0 Å². The summed E-state index contributed by atoms with van der Waals surface area (Å²) in [6.07, 6.45) is 7.23. The Labute approximate surface area is 212 Å². The van der Waals surface area contributed by atoms with Gasteiger partial charge in [0.1, 0.15) is 17.6 Å². The highest BCUT2D eigenvalue weighted by atomic mass is 16.5. The third-order valence-corrected chi connectivity index (χ3v) is 6.59. The van der Waals surface area contributed by atoms with E-state index in [2.05, 4.69) is 21.0 Å². The Balaban J connectivity index is 1.24. The van der Waals surface area contributed by atoms with Crippen molar-refractivity contribution >= 4 is 45.5 Å². The summed E-state index contributed by atoms with van der Waals surface area (Å²) in [4.78, 5) is 30.8. The minimum Gasteiger partial charge on any atom is -0.508 e. The molecule has 3 N–H and O–H groups in total. The second-order valence-electron chi connectivity index (χ2n) is 8.95. The zero-order chi connectivity index (χ0) is 25.4. The average molecular weight is 493 g/mol. The molecule has 9 heteroatoms. The number of hydrogen-bond acceptors (Lipinski definition) is 8. The van der Waals surface area contributed by atoms with Gasteiger partial charge in [0.05, 0.1) is 29.7 Å². The number of phenolic OH excluding ortho intramolecular Hbond substituents is 1. The van der Waals surface area contributed by atoms with Crippen molar-refractivity contribution < 1.29 is 14.6 Å². The minimum atomic E-state index is -0.345. The number of ether oxygens (including phenoxy) is 1. The Kier molecular flexibility index (Phi) is 5.72. The Bertz CT molecular complexity index is 1670. The number of fused-ring (bicyclic) bond motifs is 3. The van der Waals surface area contributed by atoms with Crippen molar-refractivity contribution in [3.8, 4) is 5.75 Å². The number of rotatable bonds is 6. The lowest BCUT2D eigenvalue weighted by molar-refractivity contribution is 0.0497. The predicted octanol–water partition coefficient (Wildman–Crippen LogP) is 4.40. The van der Waals surface area contributed by atoms with E-state index in [1.54, 1.807) is 18.5 Å². The van der Waals surface area contributed by atoms with E-state index in [9.17, 15) is 9.90 Å². The summed E-state index contributed by atoms with van der Waals surface area (Å²) in [7, 11) is 0. The second-order valence-corrected chi connectivity index (χ2v) is 8.95. The molecule has 37 heavy (non-hydrogen) atoms. The molecule has 1 aliphatic rings. The number of aromatic nitrogens is 5. The van der Waals surface area contributed by atoms with Gasteiger partial charge in [0.2, 0.25) is 0 Å². The van der Waals surface area contributed by atoms with Crippen LogP contribution in [0.4, 0.5) is 5.82 Å². The molecule has 0 aliphatic heterocycles. The molecular weight excluding hydrogens is 468 g/mol. The van der Waals surface area contributed by atoms with Gasteiger partial charge < -0.3 is 20.1 Å². The van der Waals surface area contributed by atoms with Crippen molar-refractivity contribution in [1.82, 2.24) is 24.5 Å². The number of pyridine rings is 1. The average Bonchev–Trinajstić information content (AvgIpc) is 3.51. The van der Waals surface area contributed by atoms with Crippen LogP contribution < -0.4 is 5.73 Å². The van der Waals surface area contributed by atoms with Gasteiger partial charge in [0.15, 0.2) is 11.5 Å². The fourth-order valence-electron chi connectivity index (χ4n) is 4.82. The van der Waals surface area contributed by atoms with Crippen molar-refractivity contribution in [2.75, 3.05) is 12.3 Å². The predicted molar refractivity (Wildman–Crippen MR) is 141 cm³/mol. The van der Waals surface area contributed by atoms with E-state index in [-0.39, 0.29) is 18.3 Å². The number of phenols is 1. The van der Waals surface area contributed by atoms with Gasteiger partial charge in [-0.3, -0.25) is 0 Å². The number of esters is 1. The molecule has 1 aliphatic carbocycles. The van der Waals surface area contributed by atoms with Crippen LogP contribution in [0.15, 0.2) is 61.2 Å². The molecule has 9 nitrogen and oxygen atoms in total. The number of carbonyl (C=O) groups is 1. The summed E-state index contributed by atoms with van der Waals surface area (Å²) >= 11 is 0. The molecule has 0 spiro atoms. The number of carbonyl (C=O) groups excluding carboxylic acids is 1. The zero-order valence-electron chi connectivity index (χ0n) is 20.0. The number of aromatic hydroxyl groups is 1. The quantitative estimate of drug-likeness (QED) is 0.264. The zero-order valence-corrected chi connectivity index (χ0v) is 20.0. The third-order valence-electron chi connectivity index (χ3n) is 6.59. The van der Waals surface area contributed by atoms with Crippen molar-refractivity contribution in [2.24, 2.45) is 0 Å². The lowest BCUT2D eigenvalue weighted by atomic mass is 10.0. The smallest absolute Gasteiger partial charge is 0.339 e. The minimum absolute atomic E-state index is 0.224. The van der Waals surface area contributed by atoms with Crippen molar-refractivity contribution in [2.45, 2.75) is 25.8 Å². The van der Waals surface area contributed by atoms with Crippen LogP contribution in [-0.4, -0.2) is 42.2 Å². The van der Waals surface area contributed by atoms with Crippen LogP contribution in [0.25, 0.3) is 33.7 Å². The summed E-state index contributed by atoms with van der Waals surface area (Å²) < 4.78 is 7.63. The monoisotopic (exact) mass is 492 g/mol. The van der Waals surface area contributed by atoms with E-state index in [1.165, 1.54) is 6.33 Å². The number of anilines is 1. The van der Waals surface area contributed by atoms with Crippen molar-refractivity contribution in [3.63, 3.8) is 0 Å². The van der Waals surface area contributed by atoms with Gasteiger partial charge in [-0.05, 0) is 60.2 Å². The van der Waals surface area contributed by atoms with Crippen LogP contribution >= 0.6 is 0 Å². The van der Waals surface area contributed by atoms with Gasteiger partial charge in [0, 0.05) is 11.9 Å². The normalized spacial score (nSPS) is 13.9. The van der Waals surface area contributed by atoms with E-state index in [0.29, 0.717) is 41.9 Å². The van der Waals surface area contributed by atoms with E-state index in [4.69, 9.17) is 15.5 Å². The van der Waals surface area contributed by atoms with E-state index in [0.717, 1.165) is 39.7 Å². The number of imidazole rings is 1. The number of nitrogens with zero attached hydrogens (tertiary/aromatic N) is 5. The van der Waals surface area contributed by atoms with Crippen LogP contribution in [0.3, 0.4) is 0 Å². The van der Waals surface area contributed by atoms with Crippen LogP contribution in [0.2, 0.25) is 0 Å². The summed E-state index contributed by atoms with van der Waals surface area (Å²) in [6, 6.07) is 14.7. The largest absolute Gasteiger partial charge is 0.508 e. The molecule has 0 unspecified atom stereocenters. The number of para-hydroxylation sites is 1. The molecule has 3 aromatic heterocycles. The summed E-state index contributed by atoms with van der Waals surface area (Å²) in [5.41, 5.74) is 12.2. The first kappa shape index (κ1) is 22.7. The Morgan fingerprint density at radius 3 is 2.78 bits per heavy atom. The molecule has 0 saturated carbocycles. The summed E-state index contributed by atoms with van der Waals surface area (Å²) in [5.74, 6) is 0.219. The number of hydrogen-bond donors (Lipinski definition) is 2. The molecule has 0 fully saturated rings. The molecule has 0 atom stereocenters. The SMILES string of the molecule is Nc1ncnc2c1ncn2CCCOC(=O)c1c2c(nc3ccccc13)/C(=C\c1ccc(O)cc1)CC2. The molecule has 0 amide bonds. The first-order chi connectivity index (χ1) is 18.1. The molecule has 0 bridgehead atoms. The molecular formula is C28H24N6O3. The van der Waals surface area contributed by atoms with Crippen molar-refractivity contribution in [3.05, 3.63) is 83.6 Å². The second kappa shape index (κ2) is 9.34. The third kappa shape index (κ3) is 4.24. The number of aryl methyl sites for hydroxylation is 1. The first-order valence-electron chi connectivity index (χ1n) is 12.1. The maximum Gasteiger partial charge on any atom is 0.339 e. The molecule has 184 valence electrons. The molecule has 6 rings (SSSR count). The highest BCUT2D eigenvalue weighted by Crippen LogP contribution is 2.38. The van der Waals surface area contributed by atoms with E-state index >= 15 is 0 Å². The number of nitrogens with two attached hydrogens (primary N) is 1. The topological polar surface area (TPSA) is 129 Å². The summed E-state index contributed by atoms with van der Waals surface area (Å²) in [5, 5.41) is 10.4. The standard InChI is InChI=1S/C28H24N6O3/c29-26-25-27(31-15-30-26)34(16-32-25)12-3-13-37-28(36)23-20-4-1-2-5-22(20)33-24-18(8-11-21(23)24)14-17-6-9-19(35)10-7-17/h1-2,4-7,9-10,14-16,35H,3,8,11-13H2,(H2,29,30,31)/b18-14-. The van der Waals surface area contributed by atoms with Gasteiger partial charge >= 0.3 is 5.97 Å². The van der Waals surface area contributed by atoms with Crippen LogP contribution in [0, 0.1) is 0 Å². The fraction of sp³-hybridized carbons (Fsp3) is 0.179. The van der Waals surface area contributed by atoms with Gasteiger partial charge in [-0.1, -0.05) is 30.3 Å². The molecule has 0 saturated heterocycles. The lowest BCUT2D eigenvalue weighted by Crippen LogP contribution is -2.12. The number of allylic oxidation sites excluding steroid dienone is 1. The highest BCUT2D eigenvalue weighted by molar-refractivity contribution is 6.07. The summed E-state index contributed by atoms with van der Waals surface area (Å²) in [6.45, 7) is 0.829. The van der Waals surface area contributed by atoms with Crippen LogP contribution in [0.1, 0.15) is 40.0 Å². The molecule has 0 radical (unpaired) electrons. The number of nitrogen functional groups attached to an aromatic ring is 1. The first-order valence-corrected chi connectivity index (χ1v) is 12.1. The Hall–Kier alpha value is -4.79. The molecule has 3 heterocycles. The van der Waals surface area contributed by atoms with Gasteiger partial charge in [-0.15, -0.1) is 0 Å². The van der Waals surface area contributed by atoms with Crippen molar-refractivity contribution in [1.29, 1.82) is 0 Å². The van der Waals surface area contributed by atoms with Gasteiger partial charge in [-0.2, -0.15) is 0 Å². The van der Waals surface area contributed by atoms with E-state index in [1.807, 2.05) is 41.0 Å². The Morgan fingerprint density at radius 2 is 1.92 bits per heavy atom. The molecule has 2 aromatic carbocycles. The molecule has 5 aromatic rings. The maximum atomic E-state index is 13.4. The lowest BCUT2D eigenvalue weighted by Gasteiger charge is -2.12. The van der Waals surface area contributed by atoms with Gasteiger partial charge in [-0.25, -0.2) is 24.7 Å².